The molecule has 0 aliphatic carbocycles. The first-order valence-corrected chi connectivity index (χ1v) is 6.91. The van der Waals surface area contributed by atoms with Gasteiger partial charge in [0, 0.05) is 12.1 Å². The van der Waals surface area contributed by atoms with Gasteiger partial charge in [0.15, 0.2) is 0 Å². The maximum absolute atomic E-state index is 4.69. The van der Waals surface area contributed by atoms with Crippen LogP contribution in [0.15, 0.2) is 4.99 Å². The number of hydrogen-bond donors (Lipinski definition) is 2. The zero-order chi connectivity index (χ0) is 13.1. The Labute approximate surface area is 137 Å². The van der Waals surface area contributed by atoms with Crippen LogP contribution in [0.25, 0.3) is 0 Å². The van der Waals surface area contributed by atoms with Crippen molar-refractivity contribution in [1.29, 1.82) is 0 Å². The van der Waals surface area contributed by atoms with Crippen molar-refractivity contribution < 1.29 is 16.5 Å². The Kier molecular flexibility index (Phi) is 20.1. The first-order valence-electron chi connectivity index (χ1n) is 5.24. The van der Waals surface area contributed by atoms with Crippen molar-refractivity contribution in [2.24, 2.45) is 4.99 Å². The van der Waals surface area contributed by atoms with Gasteiger partial charge in [0.25, 0.3) is 0 Å². The van der Waals surface area contributed by atoms with Gasteiger partial charge >= 0.3 is 16.5 Å². The molecule has 0 fully saturated rings. The molecule has 17 heavy (non-hydrogen) atoms. The molecule has 0 amide bonds. The molecule has 2 nitrogen and oxygen atoms in total. The molecule has 0 aromatic rings. The predicted octanol–water partition coefficient (Wildman–Crippen LogP) is 2.82. The standard InChI is InChI=1S/2C5H11NS2.Ni/c2*1-3-4(2)6-5(7)8;/h2*4H,3H2,1-2H3,(H2,6,7,8);/q;;+2/p-2. The van der Waals surface area contributed by atoms with Crippen LogP contribution in [0.4, 0.5) is 0 Å². The van der Waals surface area contributed by atoms with Crippen LogP contribution >= 0.6 is 24.8 Å². The molecule has 1 N–H and O–H groups in total. The molecule has 0 rings (SSSR count). The Morgan fingerprint density at radius 2 is 1.76 bits per heavy atom. The van der Waals surface area contributed by atoms with Crippen LogP contribution in [0.5, 0.6) is 0 Å². The van der Waals surface area contributed by atoms with E-state index in [1.165, 1.54) is 0 Å². The third-order valence-electron chi connectivity index (χ3n) is 1.90. The number of hydrogen-bond acceptors (Lipinski definition) is 4. The molecule has 0 aromatic carbocycles. The van der Waals surface area contributed by atoms with Gasteiger partial charge < -0.3 is 35.6 Å². The van der Waals surface area contributed by atoms with Crippen LogP contribution in [0, 0.1) is 0 Å². The minimum absolute atomic E-state index is 0. The summed E-state index contributed by atoms with van der Waals surface area (Å²) in [6.07, 6.45) is 2.09. The van der Waals surface area contributed by atoms with Gasteiger partial charge in [0.2, 0.25) is 0 Å². The smallest absolute Gasteiger partial charge is 0.789 e. The molecular weight excluding hydrogens is 335 g/mol. The Balaban J connectivity index is -0.000000218. The van der Waals surface area contributed by atoms with Gasteiger partial charge in [-0.15, -0.1) is 12.6 Å². The predicted molar refractivity (Wildman–Crippen MR) is 86.4 cm³/mol. The van der Waals surface area contributed by atoms with Crippen molar-refractivity contribution in [2.45, 2.75) is 52.6 Å². The summed E-state index contributed by atoms with van der Waals surface area (Å²) in [5, 5.41) is 2.99. The average Bonchev–Trinajstić information content (AvgIpc) is 2.16. The van der Waals surface area contributed by atoms with Gasteiger partial charge in [-0.05, 0) is 26.7 Å². The normalized spacial score (nSPS) is 12.1. The molecule has 0 bridgehead atoms. The molecule has 0 aromatic heterocycles. The number of nitrogens with one attached hydrogen (secondary N) is 1. The first-order chi connectivity index (χ1) is 7.33. The molecule has 0 heterocycles. The fourth-order valence-electron chi connectivity index (χ4n) is 0.584. The fourth-order valence-corrected chi connectivity index (χ4v) is 1.37. The van der Waals surface area contributed by atoms with E-state index < -0.39 is 0 Å². The fraction of sp³-hybridized carbons (Fsp3) is 0.800. The molecule has 0 aliphatic heterocycles. The van der Waals surface area contributed by atoms with E-state index in [0.29, 0.717) is 20.8 Å². The number of aliphatic imine (C=N–C) groups is 1. The molecule has 104 valence electrons. The van der Waals surface area contributed by atoms with Crippen molar-refractivity contribution in [3.8, 4) is 0 Å². The maximum Gasteiger partial charge on any atom is 2.00 e. The summed E-state index contributed by atoms with van der Waals surface area (Å²) in [5.74, 6) is 0. The Morgan fingerprint density at radius 1 is 1.29 bits per heavy atom. The number of rotatable bonds is 4. The molecule has 0 saturated heterocycles. The van der Waals surface area contributed by atoms with E-state index >= 15 is 0 Å². The number of thiol groups is 1. The third-order valence-corrected chi connectivity index (χ3v) is 2.36. The first kappa shape index (κ1) is 23.0. The van der Waals surface area contributed by atoms with Crippen molar-refractivity contribution in [2.75, 3.05) is 0 Å². The van der Waals surface area contributed by atoms with Crippen LogP contribution in [0.3, 0.4) is 0 Å². The van der Waals surface area contributed by atoms with Crippen molar-refractivity contribution in [1.82, 2.24) is 5.32 Å². The van der Waals surface area contributed by atoms with Gasteiger partial charge in [0.05, 0.1) is 0 Å². The van der Waals surface area contributed by atoms with E-state index in [9.17, 15) is 0 Å². The third kappa shape index (κ3) is 22.5. The molecule has 2 atom stereocenters. The van der Waals surface area contributed by atoms with Gasteiger partial charge in [-0.2, -0.15) is 0 Å². The van der Waals surface area contributed by atoms with Crippen molar-refractivity contribution >= 4 is 58.8 Å². The van der Waals surface area contributed by atoms with E-state index in [1.54, 1.807) is 0 Å². The van der Waals surface area contributed by atoms with E-state index in [-0.39, 0.29) is 16.5 Å². The quantitative estimate of drug-likeness (QED) is 0.202. The van der Waals surface area contributed by atoms with Crippen molar-refractivity contribution in [3.05, 3.63) is 0 Å². The van der Waals surface area contributed by atoms with Crippen LogP contribution in [-0.2, 0) is 41.7 Å². The second-order valence-electron chi connectivity index (χ2n) is 3.41. The summed E-state index contributed by atoms with van der Waals surface area (Å²) in [4.78, 5) is 3.94. The molecule has 0 radical (unpaired) electrons. The minimum atomic E-state index is 0. The second-order valence-corrected chi connectivity index (χ2v) is 5.60. The topological polar surface area (TPSA) is 24.4 Å². The molecule has 0 saturated carbocycles. The summed E-state index contributed by atoms with van der Waals surface area (Å²) >= 11 is 17.8. The summed E-state index contributed by atoms with van der Waals surface area (Å²) in [6.45, 7) is 8.23. The number of nitrogens with zero attached hydrogens (tertiary/aromatic N) is 1. The SMILES string of the molecule is CCC(C)N=C([S-])[S-].CCC(C)NC(=S)S.[Ni+2]. The Bertz CT molecular complexity index is 220. The van der Waals surface area contributed by atoms with Crippen LogP contribution in [0.1, 0.15) is 40.5 Å². The van der Waals surface area contributed by atoms with Gasteiger partial charge in [0.1, 0.15) is 4.32 Å². The average molecular weight is 355 g/mol. The number of thiocarbonyl (C=S) groups is 1. The zero-order valence-corrected chi connectivity index (χ0v) is 14.8. The van der Waals surface area contributed by atoms with Gasteiger partial charge in [-0.25, -0.2) is 4.38 Å². The second kappa shape index (κ2) is 14.9. The largest absolute Gasteiger partial charge is 2.00 e. The monoisotopic (exact) mass is 354 g/mol. The van der Waals surface area contributed by atoms with Crippen LogP contribution < -0.4 is 5.32 Å². The van der Waals surface area contributed by atoms with E-state index in [4.69, 9.17) is 12.2 Å². The molecule has 7 heteroatoms. The Hall–Kier alpha value is 0.844. The summed E-state index contributed by atoms with van der Waals surface area (Å²) < 4.78 is 0.929. The maximum atomic E-state index is 4.69. The van der Waals surface area contributed by atoms with E-state index in [0.717, 1.165) is 12.8 Å². The zero-order valence-electron chi connectivity index (χ0n) is 10.5. The minimum Gasteiger partial charge on any atom is -0.789 e. The molecule has 2 unspecified atom stereocenters. The summed E-state index contributed by atoms with van der Waals surface area (Å²) in [5.41, 5.74) is 0. The Morgan fingerprint density at radius 3 is 1.88 bits per heavy atom. The van der Waals surface area contributed by atoms with E-state index in [1.807, 2.05) is 6.92 Å². The summed E-state index contributed by atoms with van der Waals surface area (Å²) in [6, 6.07) is 0.764. The molecular formula is C10H20N2NiS4. The molecule has 0 spiro atoms. The van der Waals surface area contributed by atoms with Gasteiger partial charge in [-0.1, -0.05) is 26.1 Å². The van der Waals surface area contributed by atoms with Crippen molar-refractivity contribution in [3.63, 3.8) is 0 Å². The molecule has 0 aliphatic rings. The van der Waals surface area contributed by atoms with Gasteiger partial charge in [-0.3, -0.25) is 0 Å². The van der Waals surface area contributed by atoms with Crippen LogP contribution in [-0.4, -0.2) is 20.8 Å². The van der Waals surface area contributed by atoms with Crippen LogP contribution in [0.2, 0.25) is 0 Å². The summed E-state index contributed by atoms with van der Waals surface area (Å²) in [7, 11) is 0. The van der Waals surface area contributed by atoms with E-state index in [2.05, 4.69) is 69.0 Å².